The fourth-order valence-electron chi connectivity index (χ4n) is 2.94. The van der Waals surface area contributed by atoms with Crippen LogP contribution in [-0.2, 0) is 6.54 Å². The molecule has 0 atom stereocenters. The van der Waals surface area contributed by atoms with Crippen LogP contribution in [0.5, 0.6) is 11.8 Å². The third kappa shape index (κ3) is 6.73. The van der Waals surface area contributed by atoms with Gasteiger partial charge in [-0.25, -0.2) is 0 Å². The molecule has 0 fully saturated rings. The summed E-state index contributed by atoms with van der Waals surface area (Å²) in [6, 6.07) is 12.1. The Hall–Kier alpha value is -3.13. The van der Waals surface area contributed by atoms with Crippen molar-refractivity contribution in [3.63, 3.8) is 0 Å². The largest absolute Gasteiger partial charge is 0.494 e. The van der Waals surface area contributed by atoms with Gasteiger partial charge in [0.05, 0.1) is 19.4 Å². The summed E-state index contributed by atoms with van der Waals surface area (Å²) in [7, 11) is 5.70. The average Bonchev–Trinajstić information content (AvgIpc) is 3.28. The van der Waals surface area contributed by atoms with Gasteiger partial charge in [0.15, 0.2) is 0 Å². The lowest BCUT2D eigenvalue weighted by atomic mass is 10.1. The molecule has 160 valence electrons. The number of methoxy groups -OCH3 is 1. The second kappa shape index (κ2) is 11.2. The number of rotatable bonds is 12. The number of anilines is 1. The van der Waals surface area contributed by atoms with Crippen LogP contribution in [0.3, 0.4) is 0 Å². The SMILES string of the molecule is COc1nc(NCCCn2cccn2)cc(-c2ccc(OCCCN(C)C)cc2)n1. The van der Waals surface area contributed by atoms with Gasteiger partial charge < -0.3 is 19.7 Å². The van der Waals surface area contributed by atoms with E-state index in [-0.39, 0.29) is 0 Å². The lowest BCUT2D eigenvalue weighted by Crippen LogP contribution is -2.15. The molecule has 0 aliphatic heterocycles. The standard InChI is InChI=1S/C22H30N6O2/c1-27(2)13-6-16-30-19-9-7-18(8-10-19)20-17-21(26-22(25-20)29-3)23-11-4-14-28-15-5-12-24-28/h5,7-10,12,15,17H,4,6,11,13-14,16H2,1-3H3,(H,23,25,26). The highest BCUT2D eigenvalue weighted by Gasteiger charge is 2.08. The van der Waals surface area contributed by atoms with Gasteiger partial charge in [-0.05, 0) is 57.3 Å². The Morgan fingerprint density at radius 1 is 1.10 bits per heavy atom. The lowest BCUT2D eigenvalue weighted by molar-refractivity contribution is 0.281. The van der Waals surface area contributed by atoms with E-state index in [2.05, 4.69) is 39.4 Å². The Bertz CT molecular complexity index is 881. The van der Waals surface area contributed by atoms with Gasteiger partial charge >= 0.3 is 6.01 Å². The van der Waals surface area contributed by atoms with Crippen LogP contribution in [0.1, 0.15) is 12.8 Å². The maximum Gasteiger partial charge on any atom is 0.318 e. The van der Waals surface area contributed by atoms with Crippen molar-refractivity contribution in [3.05, 3.63) is 48.8 Å². The van der Waals surface area contributed by atoms with Crippen molar-refractivity contribution in [3.8, 4) is 23.0 Å². The Morgan fingerprint density at radius 2 is 1.93 bits per heavy atom. The second-order valence-electron chi connectivity index (χ2n) is 7.20. The number of aryl methyl sites for hydroxylation is 1. The van der Waals surface area contributed by atoms with Gasteiger partial charge in [-0.2, -0.15) is 15.1 Å². The zero-order valence-electron chi connectivity index (χ0n) is 17.9. The molecule has 0 amide bonds. The Kier molecular flexibility index (Phi) is 8.02. The van der Waals surface area contributed by atoms with Crippen LogP contribution in [-0.4, -0.2) is 65.5 Å². The fraction of sp³-hybridized carbons (Fsp3) is 0.409. The molecule has 0 radical (unpaired) electrons. The number of nitrogens with one attached hydrogen (secondary N) is 1. The van der Waals surface area contributed by atoms with E-state index >= 15 is 0 Å². The Morgan fingerprint density at radius 3 is 2.63 bits per heavy atom. The number of hydrogen-bond acceptors (Lipinski definition) is 7. The minimum Gasteiger partial charge on any atom is -0.494 e. The summed E-state index contributed by atoms with van der Waals surface area (Å²) in [6.07, 6.45) is 5.67. The molecule has 3 aromatic rings. The molecule has 8 nitrogen and oxygen atoms in total. The topological polar surface area (TPSA) is 77.3 Å². The maximum absolute atomic E-state index is 5.81. The van der Waals surface area contributed by atoms with Crippen LogP contribution in [0, 0.1) is 0 Å². The predicted molar refractivity (Wildman–Crippen MR) is 118 cm³/mol. The first-order chi connectivity index (χ1) is 14.6. The van der Waals surface area contributed by atoms with Gasteiger partial charge in [-0.15, -0.1) is 0 Å². The fourth-order valence-corrected chi connectivity index (χ4v) is 2.94. The van der Waals surface area contributed by atoms with Gasteiger partial charge in [0.2, 0.25) is 0 Å². The van der Waals surface area contributed by atoms with Crippen molar-refractivity contribution in [1.82, 2.24) is 24.6 Å². The zero-order chi connectivity index (χ0) is 21.2. The number of aromatic nitrogens is 4. The molecule has 8 heteroatoms. The van der Waals surface area contributed by atoms with Crippen molar-refractivity contribution in [2.75, 3.05) is 46.2 Å². The molecule has 0 spiro atoms. The smallest absolute Gasteiger partial charge is 0.318 e. The van der Waals surface area contributed by atoms with Crippen molar-refractivity contribution < 1.29 is 9.47 Å². The summed E-state index contributed by atoms with van der Waals surface area (Å²) >= 11 is 0. The highest BCUT2D eigenvalue weighted by molar-refractivity contribution is 5.63. The molecule has 2 heterocycles. The molecule has 0 bridgehead atoms. The van der Waals surface area contributed by atoms with E-state index in [9.17, 15) is 0 Å². The van der Waals surface area contributed by atoms with Gasteiger partial charge in [-0.3, -0.25) is 4.68 Å². The number of benzene rings is 1. The molecule has 30 heavy (non-hydrogen) atoms. The van der Waals surface area contributed by atoms with Crippen molar-refractivity contribution >= 4 is 5.82 Å². The lowest BCUT2D eigenvalue weighted by Gasteiger charge is -2.11. The van der Waals surface area contributed by atoms with Crippen molar-refractivity contribution in [2.24, 2.45) is 0 Å². The summed E-state index contributed by atoms with van der Waals surface area (Å²) < 4.78 is 13.0. The highest BCUT2D eigenvalue weighted by Crippen LogP contribution is 2.24. The van der Waals surface area contributed by atoms with Crippen LogP contribution in [0.2, 0.25) is 0 Å². The molecule has 2 aromatic heterocycles. The average molecular weight is 411 g/mol. The van der Waals surface area contributed by atoms with Crippen LogP contribution in [0.4, 0.5) is 5.82 Å². The van der Waals surface area contributed by atoms with Crippen LogP contribution < -0.4 is 14.8 Å². The minimum absolute atomic E-state index is 0.339. The van der Waals surface area contributed by atoms with E-state index in [1.54, 1.807) is 13.3 Å². The molecular weight excluding hydrogens is 380 g/mol. The van der Waals surface area contributed by atoms with E-state index in [1.807, 2.05) is 47.3 Å². The molecule has 0 aliphatic carbocycles. The quantitative estimate of drug-likeness (QED) is 0.460. The number of ether oxygens (including phenoxy) is 2. The van der Waals surface area contributed by atoms with Crippen LogP contribution in [0.25, 0.3) is 11.3 Å². The predicted octanol–water partition coefficient (Wildman–Crippen LogP) is 3.18. The maximum atomic E-state index is 5.81. The van der Waals surface area contributed by atoms with Crippen LogP contribution in [0.15, 0.2) is 48.8 Å². The summed E-state index contributed by atoms with van der Waals surface area (Å²) in [5.74, 6) is 1.59. The van der Waals surface area contributed by atoms with E-state index in [0.29, 0.717) is 12.6 Å². The third-order valence-electron chi connectivity index (χ3n) is 4.49. The normalized spacial score (nSPS) is 10.9. The molecule has 0 saturated carbocycles. The van der Waals surface area contributed by atoms with Gasteiger partial charge in [0.25, 0.3) is 0 Å². The summed E-state index contributed by atoms with van der Waals surface area (Å²) in [5, 5.41) is 7.56. The Labute approximate surface area is 177 Å². The minimum atomic E-state index is 0.339. The molecule has 1 aromatic carbocycles. The van der Waals surface area contributed by atoms with E-state index in [0.717, 1.165) is 55.3 Å². The third-order valence-corrected chi connectivity index (χ3v) is 4.49. The van der Waals surface area contributed by atoms with Gasteiger partial charge in [0.1, 0.15) is 11.6 Å². The molecule has 0 saturated heterocycles. The summed E-state index contributed by atoms with van der Waals surface area (Å²) in [5.41, 5.74) is 1.78. The zero-order valence-corrected chi connectivity index (χ0v) is 17.9. The van der Waals surface area contributed by atoms with E-state index in [4.69, 9.17) is 9.47 Å². The van der Waals surface area contributed by atoms with Gasteiger partial charge in [0, 0.05) is 43.7 Å². The summed E-state index contributed by atoms with van der Waals surface area (Å²) in [4.78, 5) is 11.0. The molecule has 0 unspecified atom stereocenters. The Balaban J connectivity index is 1.58. The van der Waals surface area contributed by atoms with Crippen molar-refractivity contribution in [2.45, 2.75) is 19.4 Å². The number of nitrogens with zero attached hydrogens (tertiary/aromatic N) is 5. The first kappa shape index (κ1) is 21.6. The van der Waals surface area contributed by atoms with E-state index < -0.39 is 0 Å². The number of hydrogen-bond donors (Lipinski definition) is 1. The summed E-state index contributed by atoms with van der Waals surface area (Å²) in [6.45, 7) is 3.34. The van der Waals surface area contributed by atoms with Gasteiger partial charge in [-0.1, -0.05) is 0 Å². The molecular formula is C22H30N6O2. The van der Waals surface area contributed by atoms with E-state index in [1.165, 1.54) is 0 Å². The second-order valence-corrected chi connectivity index (χ2v) is 7.20. The monoisotopic (exact) mass is 410 g/mol. The highest BCUT2D eigenvalue weighted by atomic mass is 16.5. The molecule has 3 rings (SSSR count). The molecule has 0 aliphatic rings. The first-order valence-electron chi connectivity index (χ1n) is 10.2. The van der Waals surface area contributed by atoms with Crippen LogP contribution >= 0.6 is 0 Å². The molecule has 1 N–H and O–H groups in total. The first-order valence-corrected chi connectivity index (χ1v) is 10.2. The van der Waals surface area contributed by atoms with Crippen molar-refractivity contribution in [1.29, 1.82) is 0 Å².